The first-order valence-electron chi connectivity index (χ1n) is 19.7. The predicted octanol–water partition coefficient (Wildman–Crippen LogP) is 17.5. The molecule has 8 rings (SSSR count). The Morgan fingerprint density at radius 3 is 1.25 bits per heavy atom. The van der Waals surface area contributed by atoms with Crippen molar-refractivity contribution < 1.29 is 0 Å². The lowest BCUT2D eigenvalue weighted by atomic mass is 10.0. The summed E-state index contributed by atoms with van der Waals surface area (Å²) in [5, 5.41) is 0. The maximum absolute atomic E-state index is 5.00. The van der Waals surface area contributed by atoms with Crippen LogP contribution in [0.1, 0.15) is 97.2 Å². The van der Waals surface area contributed by atoms with E-state index in [1.165, 1.54) is 155 Å². The smallest absolute Gasteiger partial charge is 0.114 e. The van der Waals surface area contributed by atoms with E-state index in [0.29, 0.717) is 0 Å². The van der Waals surface area contributed by atoms with Crippen LogP contribution in [0, 0.1) is 27.7 Å². The van der Waals surface area contributed by atoms with E-state index < -0.39 is 0 Å². The first-order valence-corrected chi connectivity index (χ1v) is 25.3. The Bertz CT molecular complexity index is 2370. The highest BCUT2D eigenvalue weighted by Gasteiger charge is 2.23. The van der Waals surface area contributed by atoms with Crippen LogP contribution in [0.3, 0.4) is 0 Å². The molecule has 2 nitrogen and oxygen atoms in total. The average Bonchev–Trinajstić information content (AvgIpc) is 4.03. The average molecular weight is 853 g/mol. The van der Waals surface area contributed by atoms with Crippen molar-refractivity contribution in [1.29, 1.82) is 0 Å². The first kappa shape index (κ1) is 39.1. The van der Waals surface area contributed by atoms with Crippen molar-refractivity contribution in [2.75, 3.05) is 0 Å². The molecule has 0 saturated heterocycles. The Morgan fingerprint density at radius 2 is 0.855 bits per heavy atom. The van der Waals surface area contributed by atoms with Crippen molar-refractivity contribution in [2.24, 2.45) is 0 Å². The molecule has 7 heterocycles. The number of thiophene rings is 6. The number of unbranched alkanes of at least 4 members (excludes halogenated alkanes) is 6. The number of aromatic nitrogens is 2. The Balaban J connectivity index is 1.18. The van der Waals surface area contributed by atoms with Crippen LogP contribution in [0.5, 0.6) is 0 Å². The van der Waals surface area contributed by atoms with Crippen molar-refractivity contribution in [3.05, 3.63) is 92.7 Å². The van der Waals surface area contributed by atoms with Gasteiger partial charge < -0.3 is 0 Å². The van der Waals surface area contributed by atoms with Gasteiger partial charge in [-0.3, -0.25) is 0 Å². The summed E-state index contributed by atoms with van der Waals surface area (Å²) in [7, 11) is 0. The highest BCUT2D eigenvalue weighted by atomic mass is 32.1. The number of nitrogens with zero attached hydrogens (tertiary/aromatic N) is 2. The molecular weight excluding hydrogens is 805 g/mol. The van der Waals surface area contributed by atoms with Gasteiger partial charge in [0.1, 0.15) is 11.0 Å². The number of hydrogen-bond acceptors (Lipinski definition) is 9. The topological polar surface area (TPSA) is 25.8 Å². The molecule has 0 fully saturated rings. The molecule has 0 aliphatic heterocycles. The molecule has 9 heteroatoms. The molecule has 7 aromatic heterocycles. The third kappa shape index (κ3) is 8.31. The Hall–Kier alpha value is -2.76. The highest BCUT2D eigenvalue weighted by molar-refractivity contribution is 7.28. The standard InChI is InChI=1S/C46H48N2S7/c1-7-9-11-13-15-31-25-37(51-45(31)43-27(3)23-39(53-43)35-21-17-29(5)49-35)33-19-20-34(42-41(33)47-55-48-42)38-26-32(16-14-12-10-8-2)46(52-38)44-28(4)24-40(54-44)36-22-18-30(6)50-36/h17-26H,7-16H2,1-6H3. The molecule has 284 valence electrons. The van der Waals surface area contributed by atoms with E-state index in [1.54, 1.807) is 0 Å². The molecule has 0 N–H and O–H groups in total. The lowest BCUT2D eigenvalue weighted by molar-refractivity contribution is 0.668. The molecule has 0 bridgehead atoms. The SMILES string of the molecule is CCCCCCc1cc(-c2ccc(-c3cc(CCCCCC)c(-c4sc(-c5ccc(C)s5)cc4C)s3)c3nsnc23)sc1-c1sc(-c2ccc(C)s2)cc1C. The molecule has 55 heavy (non-hydrogen) atoms. The third-order valence-electron chi connectivity index (χ3n) is 10.4. The van der Waals surface area contributed by atoms with Crippen LogP contribution in [-0.2, 0) is 12.8 Å². The first-order chi connectivity index (χ1) is 26.8. The quantitative estimate of drug-likeness (QED) is 0.0905. The van der Waals surface area contributed by atoms with Crippen molar-refractivity contribution >= 4 is 90.8 Å². The summed E-state index contributed by atoms with van der Waals surface area (Å²) in [5.74, 6) is 0. The molecule has 0 amide bonds. The van der Waals surface area contributed by atoms with E-state index in [2.05, 4.69) is 102 Å². The van der Waals surface area contributed by atoms with Gasteiger partial charge in [0.25, 0.3) is 0 Å². The van der Waals surface area contributed by atoms with Crippen molar-refractivity contribution in [1.82, 2.24) is 8.75 Å². The van der Waals surface area contributed by atoms with Gasteiger partial charge in [-0.15, -0.1) is 68.0 Å². The molecule has 1 aromatic carbocycles. The third-order valence-corrected chi connectivity index (χ3v) is 18.5. The van der Waals surface area contributed by atoms with E-state index in [9.17, 15) is 0 Å². The van der Waals surface area contributed by atoms with Gasteiger partial charge >= 0.3 is 0 Å². The van der Waals surface area contributed by atoms with Gasteiger partial charge in [0.2, 0.25) is 0 Å². The Labute approximate surface area is 354 Å². The molecule has 8 aromatic rings. The minimum Gasteiger partial charge on any atom is -0.172 e. The summed E-state index contributed by atoms with van der Waals surface area (Å²) in [4.78, 5) is 16.6. The largest absolute Gasteiger partial charge is 0.172 e. The zero-order chi connectivity index (χ0) is 38.1. The second-order valence-corrected chi connectivity index (χ2v) is 22.1. The molecule has 0 radical (unpaired) electrons. The van der Waals surface area contributed by atoms with Gasteiger partial charge in [0.05, 0.1) is 11.7 Å². The molecule has 0 unspecified atom stereocenters. The van der Waals surface area contributed by atoms with Crippen LogP contribution in [-0.4, -0.2) is 8.75 Å². The molecule has 0 saturated carbocycles. The van der Waals surface area contributed by atoms with Crippen molar-refractivity contribution in [3.8, 4) is 59.9 Å². The fourth-order valence-electron chi connectivity index (χ4n) is 7.42. The number of hydrogen-bond donors (Lipinski definition) is 0. The monoisotopic (exact) mass is 852 g/mol. The van der Waals surface area contributed by atoms with Gasteiger partial charge in [-0.05, 0) is 124 Å². The summed E-state index contributed by atoms with van der Waals surface area (Å²) < 4.78 is 10.0. The lowest BCUT2D eigenvalue weighted by Gasteiger charge is -2.03. The van der Waals surface area contributed by atoms with E-state index in [1.807, 2.05) is 68.0 Å². The van der Waals surface area contributed by atoms with Gasteiger partial charge in [-0.25, -0.2) is 0 Å². The van der Waals surface area contributed by atoms with Crippen LogP contribution >= 0.6 is 79.7 Å². The summed E-state index contributed by atoms with van der Waals surface area (Å²) >= 11 is 13.0. The van der Waals surface area contributed by atoms with Crippen LogP contribution in [0.2, 0.25) is 0 Å². The van der Waals surface area contributed by atoms with Crippen LogP contribution in [0.25, 0.3) is 70.9 Å². The van der Waals surface area contributed by atoms with Crippen LogP contribution in [0.15, 0.2) is 60.7 Å². The van der Waals surface area contributed by atoms with Crippen molar-refractivity contribution in [2.45, 2.75) is 106 Å². The zero-order valence-corrected chi connectivity index (χ0v) is 38.3. The number of aryl methyl sites for hydroxylation is 6. The van der Waals surface area contributed by atoms with E-state index >= 15 is 0 Å². The number of benzene rings is 1. The second-order valence-electron chi connectivity index (χ2n) is 14.7. The maximum atomic E-state index is 5.00. The van der Waals surface area contributed by atoms with E-state index in [-0.39, 0.29) is 0 Å². The molecule has 0 aliphatic carbocycles. The molecule has 0 aliphatic rings. The Morgan fingerprint density at radius 1 is 0.418 bits per heavy atom. The molecular formula is C46H48N2S7. The summed E-state index contributed by atoms with van der Waals surface area (Å²) in [6.07, 6.45) is 12.3. The maximum Gasteiger partial charge on any atom is 0.114 e. The van der Waals surface area contributed by atoms with Gasteiger partial charge in [-0.2, -0.15) is 8.75 Å². The normalized spacial score (nSPS) is 11.8. The highest BCUT2D eigenvalue weighted by Crippen LogP contribution is 2.50. The summed E-state index contributed by atoms with van der Waals surface area (Å²) in [6, 6.07) is 23.5. The summed E-state index contributed by atoms with van der Waals surface area (Å²) in [6.45, 7) is 13.6. The molecule has 0 spiro atoms. The predicted molar refractivity (Wildman–Crippen MR) is 252 cm³/mol. The van der Waals surface area contributed by atoms with Crippen LogP contribution < -0.4 is 0 Å². The Kier molecular flexibility index (Phi) is 12.4. The van der Waals surface area contributed by atoms with Gasteiger partial charge in [-0.1, -0.05) is 64.5 Å². The van der Waals surface area contributed by atoms with E-state index in [4.69, 9.17) is 8.75 Å². The minimum atomic E-state index is 1.03. The number of fused-ring (bicyclic) bond motifs is 1. The fourth-order valence-corrected chi connectivity index (χ4v) is 15.2. The summed E-state index contributed by atoms with van der Waals surface area (Å²) in [5.41, 5.74) is 10.2. The second kappa shape index (κ2) is 17.4. The van der Waals surface area contributed by atoms with Gasteiger partial charge in [0, 0.05) is 69.7 Å². The zero-order valence-electron chi connectivity index (χ0n) is 32.6. The van der Waals surface area contributed by atoms with Crippen LogP contribution in [0.4, 0.5) is 0 Å². The minimum absolute atomic E-state index is 1.03. The number of rotatable bonds is 16. The van der Waals surface area contributed by atoms with E-state index in [0.717, 1.165) is 23.9 Å². The molecule has 0 atom stereocenters. The fraction of sp³-hybridized carbons (Fsp3) is 0.348. The lowest BCUT2D eigenvalue weighted by Crippen LogP contribution is -1.86. The van der Waals surface area contributed by atoms with Gasteiger partial charge in [0.15, 0.2) is 0 Å². The van der Waals surface area contributed by atoms with Crippen molar-refractivity contribution in [3.63, 3.8) is 0 Å².